The number of thiazole rings is 1. The van der Waals surface area contributed by atoms with Crippen molar-refractivity contribution < 1.29 is 10.2 Å². The van der Waals surface area contributed by atoms with Gasteiger partial charge in [-0.1, -0.05) is 36.4 Å². The Morgan fingerprint density at radius 1 is 1.12 bits per heavy atom. The lowest BCUT2D eigenvalue weighted by molar-refractivity contribution is -0.144. The Labute approximate surface area is 190 Å². The highest BCUT2D eigenvalue weighted by atomic mass is 32.1. The Morgan fingerprint density at radius 2 is 1.97 bits per heavy atom. The van der Waals surface area contributed by atoms with E-state index in [2.05, 4.69) is 40.7 Å². The number of hydrogen-bond acceptors (Lipinski definition) is 5. The highest BCUT2D eigenvalue weighted by Gasteiger charge is 2.64. The maximum atomic E-state index is 12.4. The van der Waals surface area contributed by atoms with Crippen LogP contribution >= 0.6 is 11.3 Å². The van der Waals surface area contributed by atoms with E-state index in [0.29, 0.717) is 6.42 Å². The van der Waals surface area contributed by atoms with E-state index in [-0.39, 0.29) is 11.8 Å². The summed E-state index contributed by atoms with van der Waals surface area (Å²) in [6.07, 6.45) is 5.26. The molecule has 2 bridgehead atoms. The fraction of sp³-hybridized carbons (Fsp3) is 0.346. The van der Waals surface area contributed by atoms with Crippen LogP contribution in [0.25, 0.3) is 16.2 Å². The fourth-order valence-electron chi connectivity index (χ4n) is 6.67. The van der Waals surface area contributed by atoms with Crippen molar-refractivity contribution in [1.82, 2.24) is 14.3 Å². The van der Waals surface area contributed by atoms with Crippen molar-refractivity contribution >= 4 is 16.3 Å². The first-order chi connectivity index (χ1) is 15.5. The summed E-state index contributed by atoms with van der Waals surface area (Å²) in [5, 5.41) is 22.7. The van der Waals surface area contributed by atoms with Crippen molar-refractivity contribution in [2.24, 2.45) is 0 Å². The minimum Gasteiger partial charge on any atom is -0.508 e. The SMILES string of the molecule is CN1CC[C@@]23Cc4c(sc5nc(-c6ccccc6)cn45)C[C@@]2(O)[C@@H]1Cc1ccc(O)cc13. The molecule has 2 aromatic heterocycles. The summed E-state index contributed by atoms with van der Waals surface area (Å²) in [7, 11) is 2.14. The molecule has 1 fully saturated rings. The fourth-order valence-corrected chi connectivity index (χ4v) is 7.87. The lowest BCUT2D eigenvalue weighted by Crippen LogP contribution is -2.73. The first-order valence-electron chi connectivity index (χ1n) is 11.3. The van der Waals surface area contributed by atoms with Gasteiger partial charge in [0.05, 0.1) is 11.3 Å². The first-order valence-corrected chi connectivity index (χ1v) is 12.1. The molecule has 3 heterocycles. The number of phenolic OH excluding ortho intramolecular Hbond substituents is 1. The van der Waals surface area contributed by atoms with Gasteiger partial charge in [0.25, 0.3) is 0 Å². The van der Waals surface area contributed by atoms with E-state index in [9.17, 15) is 10.2 Å². The average Bonchev–Trinajstić information content (AvgIpc) is 3.33. The zero-order valence-corrected chi connectivity index (χ0v) is 18.8. The molecule has 0 amide bonds. The number of likely N-dealkylation sites (N-methyl/N-ethyl adjacent to an activating group) is 1. The van der Waals surface area contributed by atoms with Crippen LogP contribution in [0, 0.1) is 0 Å². The molecule has 0 radical (unpaired) electrons. The molecule has 2 N–H and O–H groups in total. The number of likely N-dealkylation sites (tertiary alicyclic amines) is 1. The molecule has 2 aromatic carbocycles. The Hall–Kier alpha value is -2.67. The van der Waals surface area contributed by atoms with Crippen molar-refractivity contribution in [3.63, 3.8) is 0 Å². The van der Waals surface area contributed by atoms with Gasteiger partial charge in [-0.3, -0.25) is 4.40 Å². The lowest BCUT2D eigenvalue weighted by atomic mass is 9.50. The summed E-state index contributed by atoms with van der Waals surface area (Å²) < 4.78 is 2.25. The van der Waals surface area contributed by atoms with Gasteiger partial charge in [0.15, 0.2) is 4.96 Å². The Bertz CT molecular complexity index is 1380. The molecule has 162 valence electrons. The quantitative estimate of drug-likeness (QED) is 0.470. The summed E-state index contributed by atoms with van der Waals surface area (Å²) in [5.41, 5.74) is 4.53. The maximum Gasteiger partial charge on any atom is 0.194 e. The predicted molar refractivity (Wildman–Crippen MR) is 125 cm³/mol. The first kappa shape index (κ1) is 18.9. The molecule has 32 heavy (non-hydrogen) atoms. The summed E-state index contributed by atoms with van der Waals surface area (Å²) >= 11 is 1.71. The zero-order chi connectivity index (χ0) is 21.7. The normalized spacial score (nSPS) is 28.9. The number of aliphatic hydroxyl groups is 1. The third kappa shape index (κ3) is 2.27. The second kappa shape index (κ2) is 6.22. The van der Waals surface area contributed by atoms with Gasteiger partial charge in [0, 0.05) is 46.6 Å². The van der Waals surface area contributed by atoms with Crippen molar-refractivity contribution in [2.45, 2.75) is 42.7 Å². The highest BCUT2D eigenvalue weighted by molar-refractivity contribution is 7.17. The molecular formula is C26H25N3O2S. The van der Waals surface area contributed by atoms with Crippen LogP contribution in [-0.4, -0.2) is 49.7 Å². The van der Waals surface area contributed by atoms with Gasteiger partial charge in [-0.05, 0) is 49.7 Å². The van der Waals surface area contributed by atoms with Crippen molar-refractivity contribution in [3.05, 3.63) is 76.4 Å². The number of imidazole rings is 1. The number of rotatable bonds is 1. The molecule has 5 nitrogen and oxygen atoms in total. The lowest BCUT2D eigenvalue weighted by Gasteiger charge is -2.62. The molecule has 0 saturated carbocycles. The number of benzene rings is 2. The molecule has 1 aliphatic heterocycles. The van der Waals surface area contributed by atoms with E-state index in [0.717, 1.165) is 47.6 Å². The van der Waals surface area contributed by atoms with Crippen LogP contribution in [0.3, 0.4) is 0 Å². The average molecular weight is 444 g/mol. The van der Waals surface area contributed by atoms with Gasteiger partial charge >= 0.3 is 0 Å². The number of nitrogens with zero attached hydrogens (tertiary/aromatic N) is 3. The summed E-state index contributed by atoms with van der Waals surface area (Å²) in [5.74, 6) is 0.285. The number of aromatic nitrogens is 2. The number of phenols is 1. The molecule has 0 spiro atoms. The number of piperidine rings is 1. The minimum absolute atomic E-state index is 0.0794. The van der Waals surface area contributed by atoms with Gasteiger partial charge in [0.2, 0.25) is 0 Å². The van der Waals surface area contributed by atoms with Gasteiger partial charge in [0.1, 0.15) is 5.75 Å². The van der Waals surface area contributed by atoms with Crippen LogP contribution in [0.1, 0.15) is 28.1 Å². The monoisotopic (exact) mass is 443 g/mol. The largest absolute Gasteiger partial charge is 0.508 e. The summed E-state index contributed by atoms with van der Waals surface area (Å²) in [6, 6.07) is 16.1. The van der Waals surface area contributed by atoms with Crippen LogP contribution < -0.4 is 0 Å². The van der Waals surface area contributed by atoms with Crippen molar-refractivity contribution in [3.8, 4) is 17.0 Å². The Morgan fingerprint density at radius 3 is 2.81 bits per heavy atom. The Kier molecular flexibility index (Phi) is 3.67. The third-order valence-electron chi connectivity index (χ3n) is 8.30. The third-order valence-corrected chi connectivity index (χ3v) is 9.39. The number of hydrogen-bond donors (Lipinski definition) is 2. The molecule has 1 saturated heterocycles. The molecule has 7 rings (SSSR count). The summed E-state index contributed by atoms with van der Waals surface area (Å²) in [6.45, 7) is 0.948. The molecule has 6 heteroatoms. The van der Waals surface area contributed by atoms with Crippen LogP contribution in [0.2, 0.25) is 0 Å². The van der Waals surface area contributed by atoms with Gasteiger partial charge in [-0.15, -0.1) is 11.3 Å². The van der Waals surface area contributed by atoms with E-state index in [1.807, 2.05) is 24.3 Å². The molecule has 0 unspecified atom stereocenters. The zero-order valence-electron chi connectivity index (χ0n) is 18.0. The van der Waals surface area contributed by atoms with Gasteiger partial charge in [-0.25, -0.2) is 4.98 Å². The highest BCUT2D eigenvalue weighted by Crippen LogP contribution is 2.58. The Balaban J connectivity index is 1.44. The standard InChI is InChI=1S/C26H25N3O2S/c1-28-10-9-25-13-21-22(32-24-27-20(15-29(21)24)16-5-3-2-4-6-16)14-26(25,31)23(28)11-17-7-8-18(30)12-19(17)25/h2-8,12,15,23,30-31H,9-11,13-14H2,1H3/t23-,25-,26+/m0/s1. The molecule has 2 aliphatic carbocycles. The van der Waals surface area contributed by atoms with Crippen molar-refractivity contribution in [1.29, 1.82) is 0 Å². The molecule has 4 aromatic rings. The van der Waals surface area contributed by atoms with E-state index in [1.54, 1.807) is 17.4 Å². The van der Waals surface area contributed by atoms with Gasteiger partial charge < -0.3 is 15.1 Å². The van der Waals surface area contributed by atoms with Crippen LogP contribution in [0.5, 0.6) is 5.75 Å². The summed E-state index contributed by atoms with van der Waals surface area (Å²) in [4.78, 5) is 9.51. The van der Waals surface area contributed by atoms with Crippen molar-refractivity contribution in [2.75, 3.05) is 13.6 Å². The van der Waals surface area contributed by atoms with E-state index >= 15 is 0 Å². The van der Waals surface area contributed by atoms with Crippen LogP contribution in [0.15, 0.2) is 54.7 Å². The van der Waals surface area contributed by atoms with Crippen LogP contribution in [-0.2, 0) is 24.7 Å². The van der Waals surface area contributed by atoms with Crippen LogP contribution in [0.4, 0.5) is 0 Å². The second-order valence-electron chi connectivity index (χ2n) is 9.77. The second-order valence-corrected chi connectivity index (χ2v) is 10.8. The molecular weight excluding hydrogens is 418 g/mol. The maximum absolute atomic E-state index is 12.4. The molecule has 3 aliphatic rings. The smallest absolute Gasteiger partial charge is 0.194 e. The van der Waals surface area contributed by atoms with E-state index in [1.165, 1.54) is 16.1 Å². The minimum atomic E-state index is -0.848. The molecule has 3 atom stereocenters. The van der Waals surface area contributed by atoms with E-state index in [4.69, 9.17) is 4.98 Å². The number of fused-ring (bicyclic) bond motifs is 4. The topological polar surface area (TPSA) is 61.0 Å². The van der Waals surface area contributed by atoms with E-state index < -0.39 is 11.0 Å². The predicted octanol–water partition coefficient (Wildman–Crippen LogP) is 3.80. The van der Waals surface area contributed by atoms with Gasteiger partial charge in [-0.2, -0.15) is 0 Å². The number of aromatic hydroxyl groups is 1.